The molecular weight excluding hydrogens is 191 g/mol. The van der Waals surface area contributed by atoms with Crippen molar-refractivity contribution in [1.29, 1.82) is 0 Å². The van der Waals surface area contributed by atoms with Gasteiger partial charge in [0.25, 0.3) is 0 Å². The van der Waals surface area contributed by atoms with Crippen LogP contribution in [0, 0.1) is 9.85 Å². The lowest BCUT2D eigenvalue weighted by Crippen LogP contribution is -1.61. The molecule has 0 heterocycles. The molecule has 32 valence electrons. The standard InChI is InChI=1S/C4H3IO/c5-3-1-2-4-6/h4H,2H2. The minimum absolute atomic E-state index is 0.364. The van der Waals surface area contributed by atoms with Crippen LogP contribution in [0.15, 0.2) is 0 Å². The molecule has 0 aromatic heterocycles. The van der Waals surface area contributed by atoms with Gasteiger partial charge in [0.15, 0.2) is 0 Å². The SMILES string of the molecule is O=CCC#CI. The van der Waals surface area contributed by atoms with Crippen molar-refractivity contribution in [2.75, 3.05) is 0 Å². The van der Waals surface area contributed by atoms with Gasteiger partial charge in [0.05, 0.1) is 6.42 Å². The molecule has 0 bridgehead atoms. The van der Waals surface area contributed by atoms with E-state index in [9.17, 15) is 4.79 Å². The van der Waals surface area contributed by atoms with Gasteiger partial charge in [-0.05, 0) is 3.93 Å². The van der Waals surface area contributed by atoms with Gasteiger partial charge in [-0.25, -0.2) is 0 Å². The summed E-state index contributed by atoms with van der Waals surface area (Å²) in [5.74, 6) is 2.57. The molecule has 0 aromatic carbocycles. The molecule has 0 N–H and O–H groups in total. The van der Waals surface area contributed by atoms with Crippen LogP contribution in [0.25, 0.3) is 0 Å². The summed E-state index contributed by atoms with van der Waals surface area (Å²) in [5, 5.41) is 0. The largest absolute Gasteiger partial charge is 0.302 e. The van der Waals surface area contributed by atoms with Crippen molar-refractivity contribution in [3.63, 3.8) is 0 Å². The van der Waals surface area contributed by atoms with Crippen LogP contribution in [0.2, 0.25) is 0 Å². The zero-order valence-corrected chi connectivity index (χ0v) is 5.23. The Hall–Kier alpha value is -0.0400. The number of rotatable bonds is 1. The second kappa shape index (κ2) is 4.96. The van der Waals surface area contributed by atoms with Gasteiger partial charge < -0.3 is 4.79 Å². The van der Waals surface area contributed by atoms with Crippen LogP contribution < -0.4 is 0 Å². The molecule has 0 radical (unpaired) electrons. The van der Waals surface area contributed by atoms with E-state index in [0.717, 1.165) is 6.29 Å². The summed E-state index contributed by atoms with van der Waals surface area (Å²) in [6.45, 7) is 0. The number of hydrogen-bond acceptors (Lipinski definition) is 1. The third-order valence-electron chi connectivity index (χ3n) is 0.252. The van der Waals surface area contributed by atoms with E-state index in [-0.39, 0.29) is 0 Å². The fourth-order valence-corrected chi connectivity index (χ4v) is 0.300. The Labute approximate surface area is 50.3 Å². The predicted molar refractivity (Wildman–Crippen MR) is 32.5 cm³/mol. The molecule has 0 spiro atoms. The zero-order valence-electron chi connectivity index (χ0n) is 3.07. The highest BCUT2D eigenvalue weighted by atomic mass is 127. The molecule has 0 saturated carbocycles. The van der Waals surface area contributed by atoms with Crippen molar-refractivity contribution in [1.82, 2.24) is 0 Å². The summed E-state index contributed by atoms with van der Waals surface area (Å²) < 4.78 is 2.56. The second-order valence-corrected chi connectivity index (χ2v) is 1.18. The lowest BCUT2D eigenvalue weighted by Gasteiger charge is -1.58. The van der Waals surface area contributed by atoms with E-state index in [1.807, 2.05) is 22.6 Å². The second-order valence-electron chi connectivity index (χ2n) is 0.642. The van der Waals surface area contributed by atoms with Gasteiger partial charge in [-0.15, -0.1) is 0 Å². The van der Waals surface area contributed by atoms with Crippen molar-refractivity contribution in [3.05, 3.63) is 0 Å². The Kier molecular flexibility index (Phi) is 4.93. The van der Waals surface area contributed by atoms with Gasteiger partial charge in [0, 0.05) is 22.6 Å². The molecule has 0 aromatic rings. The lowest BCUT2D eigenvalue weighted by molar-refractivity contribution is -0.107. The molecule has 0 aliphatic heterocycles. The summed E-state index contributed by atoms with van der Waals surface area (Å²) in [6.07, 6.45) is 1.15. The predicted octanol–water partition coefficient (Wildman–Crippen LogP) is 0.971. The van der Waals surface area contributed by atoms with Gasteiger partial charge in [0.1, 0.15) is 6.29 Å². The Balaban J connectivity index is 3.00. The Morgan fingerprint density at radius 1 is 1.83 bits per heavy atom. The van der Waals surface area contributed by atoms with E-state index in [1.165, 1.54) is 0 Å². The summed E-state index contributed by atoms with van der Waals surface area (Å²) in [5.41, 5.74) is 0. The first-order valence-corrected chi connectivity index (χ1v) is 2.52. The molecule has 6 heavy (non-hydrogen) atoms. The van der Waals surface area contributed by atoms with Crippen LogP contribution in [-0.2, 0) is 4.79 Å². The maximum Gasteiger partial charge on any atom is 0.131 e. The maximum atomic E-state index is 9.46. The highest BCUT2D eigenvalue weighted by Gasteiger charge is 1.62. The number of aldehydes is 1. The first-order chi connectivity index (χ1) is 2.91. The Bertz CT molecular complexity index is 87.5. The van der Waals surface area contributed by atoms with E-state index in [4.69, 9.17) is 0 Å². The molecule has 0 aliphatic rings. The van der Waals surface area contributed by atoms with Crippen LogP contribution in [0.1, 0.15) is 6.42 Å². The quantitative estimate of drug-likeness (QED) is 0.345. The average molecular weight is 194 g/mol. The monoisotopic (exact) mass is 194 g/mol. The van der Waals surface area contributed by atoms with E-state index in [1.54, 1.807) is 0 Å². The Morgan fingerprint density at radius 2 is 2.50 bits per heavy atom. The molecule has 0 atom stereocenters. The number of hydrogen-bond donors (Lipinski definition) is 0. The van der Waals surface area contributed by atoms with Crippen LogP contribution >= 0.6 is 22.6 Å². The van der Waals surface area contributed by atoms with Crippen molar-refractivity contribution in [2.24, 2.45) is 0 Å². The molecule has 0 fully saturated rings. The zero-order chi connectivity index (χ0) is 4.83. The van der Waals surface area contributed by atoms with Gasteiger partial charge >= 0.3 is 0 Å². The lowest BCUT2D eigenvalue weighted by atomic mass is 10.5. The van der Waals surface area contributed by atoms with E-state index < -0.39 is 0 Å². The first-order valence-electron chi connectivity index (χ1n) is 1.44. The van der Waals surface area contributed by atoms with Crippen LogP contribution in [0.4, 0.5) is 0 Å². The molecule has 2 heteroatoms. The number of carbonyl (C=O) groups is 1. The van der Waals surface area contributed by atoms with Crippen molar-refractivity contribution in [3.8, 4) is 9.85 Å². The topological polar surface area (TPSA) is 17.1 Å². The van der Waals surface area contributed by atoms with E-state index in [2.05, 4.69) is 9.85 Å². The third kappa shape index (κ3) is 3.96. The van der Waals surface area contributed by atoms with Crippen molar-refractivity contribution >= 4 is 28.9 Å². The molecule has 0 rings (SSSR count). The molecule has 0 aliphatic carbocycles. The maximum absolute atomic E-state index is 9.46. The van der Waals surface area contributed by atoms with E-state index >= 15 is 0 Å². The van der Waals surface area contributed by atoms with Gasteiger partial charge in [-0.2, -0.15) is 0 Å². The Morgan fingerprint density at radius 3 is 2.67 bits per heavy atom. The van der Waals surface area contributed by atoms with Crippen molar-refractivity contribution in [2.45, 2.75) is 6.42 Å². The highest BCUT2D eigenvalue weighted by molar-refractivity contribution is 14.1. The number of carbonyl (C=O) groups excluding carboxylic acids is 1. The number of halogens is 1. The minimum atomic E-state index is 0.364. The van der Waals surface area contributed by atoms with E-state index in [0.29, 0.717) is 6.42 Å². The smallest absolute Gasteiger partial charge is 0.131 e. The minimum Gasteiger partial charge on any atom is -0.302 e. The highest BCUT2D eigenvalue weighted by Crippen LogP contribution is 1.71. The first kappa shape index (κ1) is 5.96. The van der Waals surface area contributed by atoms with Gasteiger partial charge in [0.2, 0.25) is 0 Å². The molecular formula is C4H3IO. The van der Waals surface area contributed by atoms with Crippen LogP contribution in [0.3, 0.4) is 0 Å². The van der Waals surface area contributed by atoms with Crippen molar-refractivity contribution < 1.29 is 4.79 Å². The molecule has 1 nitrogen and oxygen atoms in total. The summed E-state index contributed by atoms with van der Waals surface area (Å²) in [4.78, 5) is 9.46. The summed E-state index contributed by atoms with van der Waals surface area (Å²) in [7, 11) is 0. The third-order valence-corrected chi connectivity index (χ3v) is 0.634. The summed E-state index contributed by atoms with van der Waals surface area (Å²) in [6, 6.07) is 0. The van der Waals surface area contributed by atoms with Gasteiger partial charge in [-0.3, -0.25) is 0 Å². The molecule has 0 unspecified atom stereocenters. The average Bonchev–Trinajstić information content (AvgIpc) is 1.61. The summed E-state index contributed by atoms with van der Waals surface area (Å²) >= 11 is 1.89. The fourth-order valence-electron chi connectivity index (χ4n) is 0.0802. The van der Waals surface area contributed by atoms with Crippen LogP contribution in [0.5, 0.6) is 0 Å². The molecule has 0 saturated heterocycles. The normalized spacial score (nSPS) is 5.50. The van der Waals surface area contributed by atoms with Gasteiger partial charge in [-0.1, -0.05) is 5.92 Å². The van der Waals surface area contributed by atoms with Crippen LogP contribution in [-0.4, -0.2) is 6.29 Å². The fraction of sp³-hybridized carbons (Fsp3) is 0.250. The molecule has 0 amide bonds.